The molecule has 0 bridgehead atoms. The zero-order chi connectivity index (χ0) is 9.97. The Hall–Kier alpha value is -0.810. The summed E-state index contributed by atoms with van der Waals surface area (Å²) in [6.45, 7) is 2.53. The summed E-state index contributed by atoms with van der Waals surface area (Å²) < 4.78 is 5.04. The molecule has 0 spiro atoms. The molecule has 0 saturated carbocycles. The highest BCUT2D eigenvalue weighted by Crippen LogP contribution is 2.17. The van der Waals surface area contributed by atoms with E-state index in [4.69, 9.17) is 9.84 Å². The van der Waals surface area contributed by atoms with Crippen LogP contribution in [-0.4, -0.2) is 54.5 Å². The van der Waals surface area contributed by atoms with Gasteiger partial charge in [0.1, 0.15) is 6.10 Å². The maximum Gasteiger partial charge on any atom is 0.407 e. The summed E-state index contributed by atoms with van der Waals surface area (Å²) in [6, 6.07) is 0.259. The highest BCUT2D eigenvalue weighted by molar-refractivity contribution is 5.69. The lowest BCUT2D eigenvalue weighted by molar-refractivity contribution is 0.0879. The van der Waals surface area contributed by atoms with Crippen LogP contribution in [0, 0.1) is 0 Å². The molecule has 2 aliphatic rings. The largest absolute Gasteiger partial charge is 0.443 e. The fourth-order valence-electron chi connectivity index (χ4n) is 2.14. The number of nitrogens with zero attached hydrogens (tertiary/aromatic N) is 1. The lowest BCUT2D eigenvalue weighted by Crippen LogP contribution is -2.39. The van der Waals surface area contributed by atoms with Crippen molar-refractivity contribution >= 4 is 6.09 Å². The monoisotopic (exact) mass is 200 g/mol. The third-order valence-corrected chi connectivity index (χ3v) is 2.90. The Morgan fingerprint density at radius 2 is 2.50 bits per heavy atom. The molecule has 2 rings (SSSR count). The maximum absolute atomic E-state index is 10.8. The first kappa shape index (κ1) is 9.73. The second-order valence-electron chi connectivity index (χ2n) is 3.88. The normalized spacial score (nSPS) is 33.1. The van der Waals surface area contributed by atoms with Crippen molar-refractivity contribution < 1.29 is 14.6 Å². The van der Waals surface area contributed by atoms with Gasteiger partial charge in [0, 0.05) is 12.6 Å². The summed E-state index contributed by atoms with van der Waals surface area (Å²) in [5.74, 6) is 0. The second kappa shape index (κ2) is 4.14. The van der Waals surface area contributed by atoms with E-state index in [1.54, 1.807) is 0 Å². The van der Waals surface area contributed by atoms with Crippen LogP contribution in [0.2, 0.25) is 0 Å². The van der Waals surface area contributed by atoms with Gasteiger partial charge >= 0.3 is 6.09 Å². The lowest BCUT2D eigenvalue weighted by Gasteiger charge is -2.24. The van der Waals surface area contributed by atoms with E-state index in [1.165, 1.54) is 0 Å². The molecule has 0 aliphatic carbocycles. The van der Waals surface area contributed by atoms with Crippen LogP contribution in [0.3, 0.4) is 0 Å². The highest BCUT2D eigenvalue weighted by Gasteiger charge is 2.30. The van der Waals surface area contributed by atoms with Gasteiger partial charge in [-0.3, -0.25) is 4.90 Å². The molecule has 2 fully saturated rings. The van der Waals surface area contributed by atoms with E-state index in [9.17, 15) is 4.79 Å². The van der Waals surface area contributed by atoms with E-state index >= 15 is 0 Å². The SMILES string of the molecule is O=C1NCC(CN2CCC[C@H]2CO)O1. The van der Waals surface area contributed by atoms with Crippen LogP contribution in [0.5, 0.6) is 0 Å². The van der Waals surface area contributed by atoms with Gasteiger partial charge in [0.25, 0.3) is 0 Å². The molecule has 1 amide bonds. The molecule has 2 heterocycles. The van der Waals surface area contributed by atoms with Gasteiger partial charge in [-0.2, -0.15) is 0 Å². The van der Waals surface area contributed by atoms with Gasteiger partial charge < -0.3 is 15.2 Å². The van der Waals surface area contributed by atoms with Gasteiger partial charge in [0.2, 0.25) is 0 Å². The Morgan fingerprint density at radius 1 is 1.64 bits per heavy atom. The minimum atomic E-state index is -0.324. The molecular formula is C9H16N2O3. The first-order valence-corrected chi connectivity index (χ1v) is 5.09. The molecule has 14 heavy (non-hydrogen) atoms. The molecule has 0 aromatic carbocycles. The Labute approximate surface area is 83.0 Å². The number of carbonyl (C=O) groups excluding carboxylic acids is 1. The van der Waals surface area contributed by atoms with Crippen molar-refractivity contribution in [1.82, 2.24) is 10.2 Å². The summed E-state index contributed by atoms with van der Waals surface area (Å²) in [5, 5.41) is 11.7. The molecule has 0 aromatic heterocycles. The number of aliphatic hydroxyl groups is 1. The lowest BCUT2D eigenvalue weighted by atomic mass is 10.2. The number of nitrogens with one attached hydrogen (secondary N) is 1. The van der Waals surface area contributed by atoms with Crippen molar-refractivity contribution in [3.05, 3.63) is 0 Å². The number of ether oxygens (including phenoxy) is 1. The minimum absolute atomic E-state index is 0.0466. The van der Waals surface area contributed by atoms with Gasteiger partial charge in [0.05, 0.1) is 13.2 Å². The molecule has 1 unspecified atom stereocenters. The maximum atomic E-state index is 10.8. The average Bonchev–Trinajstić information content (AvgIpc) is 2.76. The van der Waals surface area contributed by atoms with Gasteiger partial charge in [-0.15, -0.1) is 0 Å². The number of aliphatic hydroxyl groups excluding tert-OH is 1. The summed E-state index contributed by atoms with van der Waals surface area (Å²) in [6.07, 6.45) is 1.80. The van der Waals surface area contributed by atoms with E-state index in [-0.39, 0.29) is 24.8 Å². The predicted molar refractivity (Wildman–Crippen MR) is 50.0 cm³/mol. The van der Waals surface area contributed by atoms with Crippen molar-refractivity contribution in [3.8, 4) is 0 Å². The third kappa shape index (κ3) is 1.99. The van der Waals surface area contributed by atoms with E-state index in [0.717, 1.165) is 25.9 Å². The fourth-order valence-corrected chi connectivity index (χ4v) is 2.14. The summed E-state index contributed by atoms with van der Waals surface area (Å²) in [4.78, 5) is 13.0. The van der Waals surface area contributed by atoms with Crippen molar-refractivity contribution in [2.24, 2.45) is 0 Å². The van der Waals surface area contributed by atoms with E-state index in [2.05, 4.69) is 10.2 Å². The summed E-state index contributed by atoms with van der Waals surface area (Å²) in [5.41, 5.74) is 0. The molecule has 2 aliphatic heterocycles. The smallest absolute Gasteiger partial charge is 0.407 e. The topological polar surface area (TPSA) is 61.8 Å². The third-order valence-electron chi connectivity index (χ3n) is 2.90. The average molecular weight is 200 g/mol. The van der Waals surface area contributed by atoms with Crippen LogP contribution < -0.4 is 5.32 Å². The number of cyclic esters (lactones) is 1. The molecule has 2 saturated heterocycles. The quantitative estimate of drug-likeness (QED) is 0.648. The molecule has 0 aromatic rings. The highest BCUT2D eigenvalue weighted by atomic mass is 16.6. The van der Waals surface area contributed by atoms with Crippen LogP contribution in [0.15, 0.2) is 0 Å². The van der Waals surface area contributed by atoms with Gasteiger partial charge in [0.15, 0.2) is 0 Å². The molecule has 80 valence electrons. The number of amides is 1. The van der Waals surface area contributed by atoms with E-state index < -0.39 is 0 Å². The standard InChI is InChI=1S/C9H16N2O3/c12-6-7-2-1-3-11(7)5-8-4-10-9(13)14-8/h7-8,12H,1-6H2,(H,10,13)/t7-,8?/m0/s1. The predicted octanol–water partition coefficient (Wildman–Crippen LogP) is -0.449. The number of rotatable bonds is 3. The second-order valence-corrected chi connectivity index (χ2v) is 3.88. The van der Waals surface area contributed by atoms with Crippen molar-refractivity contribution in [2.45, 2.75) is 25.0 Å². The van der Waals surface area contributed by atoms with Crippen LogP contribution in [0.1, 0.15) is 12.8 Å². The first-order chi connectivity index (χ1) is 6.79. The van der Waals surface area contributed by atoms with Crippen molar-refractivity contribution in [2.75, 3.05) is 26.2 Å². The zero-order valence-electron chi connectivity index (χ0n) is 8.11. The van der Waals surface area contributed by atoms with Crippen LogP contribution in [0.25, 0.3) is 0 Å². The van der Waals surface area contributed by atoms with Crippen LogP contribution >= 0.6 is 0 Å². The number of carbonyl (C=O) groups is 1. The Morgan fingerprint density at radius 3 is 3.14 bits per heavy atom. The van der Waals surface area contributed by atoms with E-state index in [0.29, 0.717) is 6.54 Å². The molecule has 5 nitrogen and oxygen atoms in total. The van der Waals surface area contributed by atoms with Gasteiger partial charge in [-0.25, -0.2) is 4.79 Å². The molecule has 0 radical (unpaired) electrons. The van der Waals surface area contributed by atoms with Gasteiger partial charge in [-0.1, -0.05) is 0 Å². The molecule has 2 atom stereocenters. The summed E-state index contributed by atoms with van der Waals surface area (Å²) >= 11 is 0. The molecular weight excluding hydrogens is 184 g/mol. The molecule has 2 N–H and O–H groups in total. The van der Waals surface area contributed by atoms with Crippen molar-refractivity contribution in [1.29, 1.82) is 0 Å². The Bertz CT molecular complexity index is 222. The number of hydrogen-bond acceptors (Lipinski definition) is 4. The Balaban J connectivity index is 1.81. The number of hydrogen-bond donors (Lipinski definition) is 2. The summed E-state index contributed by atoms with van der Waals surface area (Å²) in [7, 11) is 0. The van der Waals surface area contributed by atoms with Crippen LogP contribution in [-0.2, 0) is 4.74 Å². The Kier molecular flexibility index (Phi) is 2.88. The number of alkyl carbamates (subject to hydrolysis) is 1. The number of likely N-dealkylation sites (tertiary alicyclic amines) is 1. The van der Waals surface area contributed by atoms with E-state index in [1.807, 2.05) is 0 Å². The first-order valence-electron chi connectivity index (χ1n) is 5.09. The molecule has 5 heteroatoms. The fraction of sp³-hybridized carbons (Fsp3) is 0.889. The zero-order valence-corrected chi connectivity index (χ0v) is 8.11. The van der Waals surface area contributed by atoms with Crippen LogP contribution in [0.4, 0.5) is 4.79 Å². The minimum Gasteiger partial charge on any atom is -0.443 e. The van der Waals surface area contributed by atoms with Crippen molar-refractivity contribution in [3.63, 3.8) is 0 Å². The van der Waals surface area contributed by atoms with Gasteiger partial charge in [-0.05, 0) is 19.4 Å².